The summed E-state index contributed by atoms with van der Waals surface area (Å²) in [6.07, 6.45) is 2.08. The first-order chi connectivity index (χ1) is 14.4. The maximum atomic E-state index is 2.38. The molecule has 0 saturated heterocycles. The zero-order valence-electron chi connectivity index (χ0n) is 16.2. The van der Waals surface area contributed by atoms with Gasteiger partial charge in [-0.1, -0.05) is 97.1 Å². The molecule has 0 atom stereocenters. The monoisotopic (exact) mass is 368 g/mol. The number of benzene rings is 4. The summed E-state index contributed by atoms with van der Waals surface area (Å²) in [6.45, 7) is 0. The van der Waals surface area contributed by atoms with Crippen LogP contribution in [0.5, 0.6) is 0 Å². The van der Waals surface area contributed by atoms with Crippen LogP contribution in [0, 0.1) is 0 Å². The molecular weight excluding hydrogens is 348 g/mol. The molecule has 0 nitrogen and oxygen atoms in total. The quantitative estimate of drug-likeness (QED) is 0.329. The van der Waals surface area contributed by atoms with Crippen LogP contribution in [0.25, 0.3) is 16.7 Å². The van der Waals surface area contributed by atoms with E-state index in [1.165, 1.54) is 44.5 Å². The Morgan fingerprint density at radius 3 is 1.66 bits per heavy atom. The first-order valence-corrected chi connectivity index (χ1v) is 10.5. The van der Waals surface area contributed by atoms with Crippen molar-refractivity contribution in [1.29, 1.82) is 0 Å². The van der Waals surface area contributed by atoms with E-state index in [4.69, 9.17) is 0 Å². The first-order valence-electron chi connectivity index (χ1n) is 10.5. The second-order valence-corrected chi connectivity index (χ2v) is 8.47. The summed E-state index contributed by atoms with van der Waals surface area (Å²) >= 11 is 0. The van der Waals surface area contributed by atoms with Gasteiger partial charge in [0.2, 0.25) is 0 Å². The van der Waals surface area contributed by atoms with Crippen LogP contribution in [0.1, 0.15) is 33.4 Å². The molecule has 0 unspecified atom stereocenters. The molecule has 0 amide bonds. The van der Waals surface area contributed by atoms with E-state index in [2.05, 4.69) is 97.1 Å². The predicted octanol–water partition coefficient (Wildman–Crippen LogP) is 6.57. The van der Waals surface area contributed by atoms with Crippen molar-refractivity contribution in [2.45, 2.75) is 18.3 Å². The summed E-state index contributed by atoms with van der Waals surface area (Å²) in [4.78, 5) is 0. The van der Waals surface area contributed by atoms with Crippen LogP contribution in [-0.2, 0) is 18.3 Å². The molecule has 0 heterocycles. The van der Waals surface area contributed by atoms with Crippen LogP contribution < -0.4 is 0 Å². The summed E-state index contributed by atoms with van der Waals surface area (Å²) in [6, 6.07) is 36.3. The van der Waals surface area contributed by atoms with Crippen molar-refractivity contribution in [3.05, 3.63) is 136 Å². The van der Waals surface area contributed by atoms with Gasteiger partial charge in [0.1, 0.15) is 0 Å². The van der Waals surface area contributed by atoms with Crippen LogP contribution in [0.4, 0.5) is 0 Å². The third kappa shape index (κ3) is 1.76. The van der Waals surface area contributed by atoms with Crippen molar-refractivity contribution in [3.63, 3.8) is 0 Å². The highest BCUT2D eigenvalue weighted by Gasteiger charge is 2.52. The fourth-order valence-electron chi connectivity index (χ4n) is 6.23. The summed E-state index contributed by atoms with van der Waals surface area (Å²) in [5.41, 5.74) is 14.5. The van der Waals surface area contributed by atoms with Crippen LogP contribution in [-0.4, -0.2) is 0 Å². The fourth-order valence-corrected chi connectivity index (χ4v) is 6.23. The highest BCUT2D eigenvalue weighted by atomic mass is 14.5. The molecule has 0 saturated carbocycles. The second-order valence-electron chi connectivity index (χ2n) is 8.47. The van der Waals surface area contributed by atoms with Gasteiger partial charge in [-0.2, -0.15) is 0 Å². The van der Waals surface area contributed by atoms with Crippen molar-refractivity contribution in [2.24, 2.45) is 0 Å². The molecule has 0 fully saturated rings. The number of rotatable bonds is 0. The molecule has 0 radical (unpaired) electrons. The lowest BCUT2D eigenvalue weighted by molar-refractivity contribution is 0.707. The lowest BCUT2D eigenvalue weighted by atomic mass is 9.61. The second kappa shape index (κ2) is 5.36. The lowest BCUT2D eigenvalue weighted by Crippen LogP contribution is -2.34. The molecule has 0 N–H and O–H groups in total. The van der Waals surface area contributed by atoms with Gasteiger partial charge >= 0.3 is 0 Å². The molecule has 136 valence electrons. The van der Waals surface area contributed by atoms with Gasteiger partial charge in [0, 0.05) is 0 Å². The smallest absolute Gasteiger partial charge is 0.0620 e. The summed E-state index contributed by atoms with van der Waals surface area (Å²) < 4.78 is 0. The molecule has 3 aliphatic carbocycles. The van der Waals surface area contributed by atoms with Gasteiger partial charge in [0.05, 0.1) is 5.41 Å². The van der Waals surface area contributed by atoms with Crippen molar-refractivity contribution in [3.8, 4) is 11.1 Å². The SMILES string of the molecule is c1ccc2c(c1)CC1=C2Cc2ccccc2C12c1ccccc1-c1ccccc12. The van der Waals surface area contributed by atoms with E-state index >= 15 is 0 Å². The minimum atomic E-state index is -0.170. The number of fused-ring (bicyclic) bond motifs is 10. The van der Waals surface area contributed by atoms with E-state index in [0.717, 1.165) is 12.8 Å². The van der Waals surface area contributed by atoms with E-state index in [0.29, 0.717) is 0 Å². The summed E-state index contributed by atoms with van der Waals surface area (Å²) in [7, 11) is 0. The van der Waals surface area contributed by atoms with Crippen LogP contribution in [0.3, 0.4) is 0 Å². The molecule has 1 spiro atoms. The van der Waals surface area contributed by atoms with Gasteiger partial charge in [-0.05, 0) is 68.5 Å². The molecule has 4 aromatic rings. The first kappa shape index (κ1) is 15.5. The fraction of sp³-hybridized carbons (Fsp3) is 0.103. The van der Waals surface area contributed by atoms with E-state index in [1.807, 2.05) is 0 Å². The minimum absolute atomic E-state index is 0.170. The molecule has 4 aromatic carbocycles. The topological polar surface area (TPSA) is 0 Å². The van der Waals surface area contributed by atoms with Crippen LogP contribution in [0.15, 0.2) is 103 Å². The Morgan fingerprint density at radius 1 is 0.448 bits per heavy atom. The molecule has 29 heavy (non-hydrogen) atoms. The third-order valence-corrected chi connectivity index (χ3v) is 7.27. The zero-order chi connectivity index (χ0) is 19.0. The molecule has 0 aromatic heterocycles. The van der Waals surface area contributed by atoms with Crippen molar-refractivity contribution in [2.75, 3.05) is 0 Å². The molecule has 0 aliphatic heterocycles. The Morgan fingerprint density at radius 2 is 0.966 bits per heavy atom. The van der Waals surface area contributed by atoms with Crippen molar-refractivity contribution >= 4 is 5.57 Å². The standard InChI is InChI=1S/C29H20/c1-3-11-21-19(9-1)18-28-24(21)17-20-10-2-6-14-25(20)29(28)26-15-7-4-12-22(26)23-13-5-8-16-27(23)29/h1-16H,17-18H2. The normalized spacial score (nSPS) is 16.8. The average molecular weight is 368 g/mol. The summed E-state index contributed by atoms with van der Waals surface area (Å²) in [5.74, 6) is 0. The minimum Gasteiger partial charge on any atom is -0.0620 e. The van der Waals surface area contributed by atoms with E-state index < -0.39 is 0 Å². The van der Waals surface area contributed by atoms with Gasteiger partial charge < -0.3 is 0 Å². The highest BCUT2D eigenvalue weighted by molar-refractivity contribution is 5.93. The molecule has 0 heteroatoms. The van der Waals surface area contributed by atoms with E-state index in [-0.39, 0.29) is 5.41 Å². The molecule has 0 bridgehead atoms. The maximum absolute atomic E-state index is 2.38. The van der Waals surface area contributed by atoms with Crippen molar-refractivity contribution < 1.29 is 0 Å². The Hall–Kier alpha value is -3.38. The van der Waals surface area contributed by atoms with Gasteiger partial charge in [-0.3, -0.25) is 0 Å². The van der Waals surface area contributed by atoms with Gasteiger partial charge in [0.15, 0.2) is 0 Å². The highest BCUT2D eigenvalue weighted by Crippen LogP contribution is 2.62. The Balaban J connectivity index is 1.68. The Bertz CT molecular complexity index is 1310. The predicted molar refractivity (Wildman–Crippen MR) is 119 cm³/mol. The number of hydrogen-bond acceptors (Lipinski definition) is 0. The molecule has 7 rings (SSSR count). The lowest BCUT2D eigenvalue weighted by Gasteiger charge is -2.40. The largest absolute Gasteiger partial charge is 0.0685 e. The molecular formula is C29H20. The Kier molecular flexibility index (Phi) is 2.87. The van der Waals surface area contributed by atoms with Gasteiger partial charge in [-0.15, -0.1) is 0 Å². The van der Waals surface area contributed by atoms with Gasteiger partial charge in [0.25, 0.3) is 0 Å². The maximum Gasteiger partial charge on any atom is 0.0685 e. The third-order valence-electron chi connectivity index (χ3n) is 7.27. The van der Waals surface area contributed by atoms with Crippen LogP contribution in [0.2, 0.25) is 0 Å². The molecule has 3 aliphatic rings. The van der Waals surface area contributed by atoms with E-state index in [9.17, 15) is 0 Å². The van der Waals surface area contributed by atoms with Gasteiger partial charge in [-0.25, -0.2) is 0 Å². The van der Waals surface area contributed by atoms with E-state index in [1.54, 1.807) is 11.1 Å². The number of hydrogen-bond donors (Lipinski definition) is 0. The Labute approximate surface area is 171 Å². The average Bonchev–Trinajstić information content (AvgIpc) is 3.30. The van der Waals surface area contributed by atoms with Crippen molar-refractivity contribution in [1.82, 2.24) is 0 Å². The van der Waals surface area contributed by atoms with Crippen LogP contribution >= 0.6 is 0 Å². The summed E-state index contributed by atoms with van der Waals surface area (Å²) in [5, 5.41) is 0. The zero-order valence-corrected chi connectivity index (χ0v) is 16.2. The number of allylic oxidation sites excluding steroid dienone is 2.